The molecule has 0 aromatic heterocycles. The fourth-order valence-electron chi connectivity index (χ4n) is 2.17. The molecule has 0 amide bonds. The zero-order chi connectivity index (χ0) is 14.0. The van der Waals surface area contributed by atoms with Gasteiger partial charge in [-0.05, 0) is 53.2 Å². The van der Waals surface area contributed by atoms with Crippen LogP contribution in [0.5, 0.6) is 0 Å². The topological polar surface area (TPSA) is 29.3 Å². The van der Waals surface area contributed by atoms with Gasteiger partial charge in [-0.1, -0.05) is 19.1 Å². The molecule has 2 N–H and O–H groups in total. The third-order valence-corrected chi connectivity index (χ3v) is 4.33. The molecule has 0 aliphatic heterocycles. The van der Waals surface area contributed by atoms with E-state index in [0.29, 0.717) is 15.7 Å². The average Bonchev–Trinajstić information content (AvgIpc) is 3.15. The Hall–Kier alpha value is -0.680. The Labute approximate surface area is 127 Å². The minimum Gasteiger partial charge on any atom is -0.389 e. The van der Waals surface area contributed by atoms with Crippen molar-refractivity contribution in [2.75, 3.05) is 18.0 Å². The van der Waals surface area contributed by atoms with E-state index in [9.17, 15) is 4.39 Å². The number of rotatable bonds is 6. The first-order valence-electron chi connectivity index (χ1n) is 6.57. The number of anilines is 1. The molecular formula is C14H18BrFN2S. The van der Waals surface area contributed by atoms with E-state index in [1.54, 1.807) is 12.1 Å². The summed E-state index contributed by atoms with van der Waals surface area (Å²) >= 11 is 8.18. The van der Waals surface area contributed by atoms with E-state index in [4.69, 9.17) is 18.0 Å². The minimum atomic E-state index is -0.264. The number of nitrogens with zero attached hydrogens (tertiary/aromatic N) is 1. The van der Waals surface area contributed by atoms with E-state index < -0.39 is 0 Å². The number of benzene rings is 1. The number of hydrogen-bond acceptors (Lipinski definition) is 2. The standard InChI is InChI=1S/C14H18BrFN2S/c1-2-7-18(8-9-3-4-9)11-6-5-10(14(17)19)12(15)13(11)16/h5-6,9H,2-4,7-8H2,1H3,(H2,17,19). The summed E-state index contributed by atoms with van der Waals surface area (Å²) in [6, 6.07) is 3.58. The van der Waals surface area contributed by atoms with Gasteiger partial charge in [0.05, 0.1) is 10.2 Å². The monoisotopic (exact) mass is 344 g/mol. The maximum Gasteiger partial charge on any atom is 0.161 e. The maximum absolute atomic E-state index is 14.5. The quantitative estimate of drug-likeness (QED) is 0.794. The summed E-state index contributed by atoms with van der Waals surface area (Å²) in [5.41, 5.74) is 6.77. The lowest BCUT2D eigenvalue weighted by atomic mass is 10.1. The third-order valence-electron chi connectivity index (χ3n) is 3.34. The summed E-state index contributed by atoms with van der Waals surface area (Å²) < 4.78 is 14.8. The van der Waals surface area contributed by atoms with Gasteiger partial charge in [-0.25, -0.2) is 4.39 Å². The van der Waals surface area contributed by atoms with Crippen LogP contribution in [-0.2, 0) is 0 Å². The molecule has 19 heavy (non-hydrogen) atoms. The summed E-state index contributed by atoms with van der Waals surface area (Å²) in [5, 5.41) is 0. The Morgan fingerprint density at radius 1 is 1.53 bits per heavy atom. The van der Waals surface area contributed by atoms with Gasteiger partial charge in [0, 0.05) is 18.7 Å². The molecule has 2 rings (SSSR count). The molecule has 0 bridgehead atoms. The van der Waals surface area contributed by atoms with Gasteiger partial charge in [0.15, 0.2) is 5.82 Å². The molecule has 2 nitrogen and oxygen atoms in total. The third kappa shape index (κ3) is 3.45. The predicted octanol–water partition coefficient (Wildman–Crippen LogP) is 3.85. The first-order chi connectivity index (χ1) is 9.04. The molecule has 0 spiro atoms. The Morgan fingerprint density at radius 3 is 2.74 bits per heavy atom. The summed E-state index contributed by atoms with van der Waals surface area (Å²) in [6.07, 6.45) is 3.52. The Kier molecular flexibility index (Phi) is 4.79. The first kappa shape index (κ1) is 14.7. The molecule has 5 heteroatoms. The zero-order valence-electron chi connectivity index (χ0n) is 11.0. The molecule has 1 aliphatic rings. The molecule has 0 atom stereocenters. The van der Waals surface area contributed by atoms with Crippen molar-refractivity contribution >= 4 is 38.8 Å². The van der Waals surface area contributed by atoms with E-state index in [0.717, 1.165) is 25.4 Å². The highest BCUT2D eigenvalue weighted by molar-refractivity contribution is 9.10. The number of thiocarbonyl (C=S) groups is 1. The Morgan fingerprint density at radius 2 is 2.21 bits per heavy atom. The summed E-state index contributed by atoms with van der Waals surface area (Å²) in [7, 11) is 0. The molecule has 1 fully saturated rings. The molecule has 0 radical (unpaired) electrons. The van der Waals surface area contributed by atoms with Crippen LogP contribution in [0.25, 0.3) is 0 Å². The van der Waals surface area contributed by atoms with Gasteiger partial charge >= 0.3 is 0 Å². The van der Waals surface area contributed by atoms with Gasteiger partial charge in [-0.15, -0.1) is 0 Å². The average molecular weight is 345 g/mol. The van der Waals surface area contributed by atoms with Crippen LogP contribution in [0.4, 0.5) is 10.1 Å². The molecular weight excluding hydrogens is 327 g/mol. The molecule has 0 saturated heterocycles. The van der Waals surface area contributed by atoms with Crippen LogP contribution in [0, 0.1) is 11.7 Å². The summed E-state index contributed by atoms with van der Waals surface area (Å²) in [6.45, 7) is 3.91. The van der Waals surface area contributed by atoms with E-state index in [1.165, 1.54) is 12.8 Å². The SMILES string of the molecule is CCCN(CC1CC1)c1ccc(C(N)=S)c(Br)c1F. The van der Waals surface area contributed by atoms with Crippen LogP contribution in [0.2, 0.25) is 0 Å². The van der Waals surface area contributed by atoms with Crippen LogP contribution in [0.15, 0.2) is 16.6 Å². The summed E-state index contributed by atoms with van der Waals surface area (Å²) in [4.78, 5) is 2.34. The van der Waals surface area contributed by atoms with Crippen molar-refractivity contribution in [2.45, 2.75) is 26.2 Å². The molecule has 0 heterocycles. The van der Waals surface area contributed by atoms with Crippen molar-refractivity contribution in [1.82, 2.24) is 0 Å². The second kappa shape index (κ2) is 6.18. The van der Waals surface area contributed by atoms with Crippen molar-refractivity contribution in [2.24, 2.45) is 11.7 Å². The van der Waals surface area contributed by atoms with Crippen LogP contribution in [-0.4, -0.2) is 18.1 Å². The second-order valence-corrected chi connectivity index (χ2v) is 6.25. The normalized spacial score (nSPS) is 14.5. The highest BCUT2D eigenvalue weighted by Gasteiger charge is 2.26. The van der Waals surface area contributed by atoms with Crippen molar-refractivity contribution in [1.29, 1.82) is 0 Å². The maximum atomic E-state index is 14.5. The number of halogens is 2. The molecule has 1 aromatic carbocycles. The molecule has 1 aliphatic carbocycles. The molecule has 1 aromatic rings. The van der Waals surface area contributed by atoms with Crippen molar-refractivity contribution in [3.05, 3.63) is 28.0 Å². The van der Waals surface area contributed by atoms with E-state index in [-0.39, 0.29) is 10.8 Å². The molecule has 1 saturated carbocycles. The second-order valence-electron chi connectivity index (χ2n) is 5.01. The van der Waals surface area contributed by atoms with Crippen LogP contribution in [0.3, 0.4) is 0 Å². The van der Waals surface area contributed by atoms with Crippen LogP contribution >= 0.6 is 28.1 Å². The van der Waals surface area contributed by atoms with Gasteiger partial charge in [0.2, 0.25) is 0 Å². The fraction of sp³-hybridized carbons (Fsp3) is 0.500. The first-order valence-corrected chi connectivity index (χ1v) is 7.77. The van der Waals surface area contributed by atoms with Crippen LogP contribution in [0.1, 0.15) is 31.7 Å². The van der Waals surface area contributed by atoms with E-state index in [2.05, 4.69) is 27.8 Å². The number of hydrogen-bond donors (Lipinski definition) is 1. The summed E-state index contributed by atoms with van der Waals surface area (Å²) in [5.74, 6) is 0.458. The Bertz CT molecular complexity index is 489. The van der Waals surface area contributed by atoms with Crippen molar-refractivity contribution in [3.8, 4) is 0 Å². The molecule has 0 unspecified atom stereocenters. The van der Waals surface area contributed by atoms with Gasteiger partial charge in [0.25, 0.3) is 0 Å². The fourth-order valence-corrected chi connectivity index (χ4v) is 3.02. The zero-order valence-corrected chi connectivity index (χ0v) is 13.4. The van der Waals surface area contributed by atoms with E-state index in [1.807, 2.05) is 0 Å². The smallest absolute Gasteiger partial charge is 0.161 e. The van der Waals surface area contributed by atoms with E-state index >= 15 is 0 Å². The van der Waals surface area contributed by atoms with Gasteiger partial charge in [0.1, 0.15) is 4.99 Å². The van der Waals surface area contributed by atoms with Gasteiger partial charge in [-0.2, -0.15) is 0 Å². The minimum absolute atomic E-state index is 0.210. The van der Waals surface area contributed by atoms with Gasteiger partial charge < -0.3 is 10.6 Å². The van der Waals surface area contributed by atoms with Crippen LogP contribution < -0.4 is 10.6 Å². The Balaban J connectivity index is 2.30. The largest absolute Gasteiger partial charge is 0.389 e. The lowest BCUT2D eigenvalue weighted by Gasteiger charge is -2.25. The lowest BCUT2D eigenvalue weighted by molar-refractivity contribution is 0.602. The highest BCUT2D eigenvalue weighted by Crippen LogP contribution is 2.34. The molecule has 104 valence electrons. The van der Waals surface area contributed by atoms with Crippen molar-refractivity contribution in [3.63, 3.8) is 0 Å². The predicted molar refractivity (Wildman–Crippen MR) is 85.2 cm³/mol. The lowest BCUT2D eigenvalue weighted by Crippen LogP contribution is -2.28. The number of nitrogens with two attached hydrogens (primary N) is 1. The van der Waals surface area contributed by atoms with Gasteiger partial charge in [-0.3, -0.25) is 0 Å². The highest BCUT2D eigenvalue weighted by atomic mass is 79.9. The van der Waals surface area contributed by atoms with Crippen molar-refractivity contribution < 1.29 is 4.39 Å².